The number of unbranched alkanes of at least 4 members (excludes halogenated alkanes) is 14. The van der Waals surface area contributed by atoms with Crippen LogP contribution in [0.1, 0.15) is 132 Å². The summed E-state index contributed by atoms with van der Waals surface area (Å²) in [6, 6.07) is 0. The summed E-state index contributed by atoms with van der Waals surface area (Å²) in [5.74, 6) is 0. The Morgan fingerprint density at radius 3 is 1.60 bits per heavy atom. The van der Waals surface area contributed by atoms with E-state index in [1.807, 2.05) is 0 Å². The first kappa shape index (κ1) is 28.6. The first-order valence-corrected chi connectivity index (χ1v) is 14.6. The lowest BCUT2D eigenvalue weighted by molar-refractivity contribution is -0.00000620. The maximum absolute atomic E-state index is 2.64. The van der Waals surface area contributed by atoms with Crippen LogP contribution < -0.4 is 32.5 Å². The summed E-state index contributed by atoms with van der Waals surface area (Å²) in [7, 11) is 0. The van der Waals surface area contributed by atoms with Crippen molar-refractivity contribution in [3.8, 4) is 0 Å². The fourth-order valence-electron chi connectivity index (χ4n) is 4.48. The van der Waals surface area contributed by atoms with Gasteiger partial charge in [-0.2, -0.15) is 0 Å². The van der Waals surface area contributed by atoms with E-state index in [0.717, 1.165) is 0 Å². The van der Waals surface area contributed by atoms with Crippen LogP contribution >= 0.6 is 22.7 Å². The van der Waals surface area contributed by atoms with E-state index in [4.69, 9.17) is 0 Å². The monoisotopic (exact) mass is 565 g/mol. The Hall–Kier alpha value is 0.580. The lowest BCUT2D eigenvalue weighted by atomic mass is 10.0. The molecule has 4 heteroatoms. The lowest BCUT2D eigenvalue weighted by Crippen LogP contribution is -3.00. The van der Waals surface area contributed by atoms with Crippen LogP contribution in [-0.4, -0.2) is 13.1 Å². The maximum atomic E-state index is 2.64. The molecule has 0 aliphatic carbocycles. The zero-order valence-electron chi connectivity index (χ0n) is 20.0. The van der Waals surface area contributed by atoms with Crippen LogP contribution in [0.2, 0.25) is 0 Å². The summed E-state index contributed by atoms with van der Waals surface area (Å²) >= 11 is 4.15. The molecule has 1 fully saturated rings. The fourth-order valence-corrected chi connectivity index (χ4v) is 7.27. The van der Waals surface area contributed by atoms with Gasteiger partial charge < -0.3 is 24.0 Å². The number of halogens is 1. The molecule has 0 aromatic carbocycles. The Balaban J connectivity index is 0.00000450. The van der Waals surface area contributed by atoms with Gasteiger partial charge in [-0.1, -0.05) is 119 Å². The molecular weight excluding hydrogens is 517 g/mol. The van der Waals surface area contributed by atoms with Gasteiger partial charge >= 0.3 is 3.98 Å². The van der Waals surface area contributed by atoms with Gasteiger partial charge in [-0.3, -0.25) is 0 Å². The third-order valence-electron chi connectivity index (χ3n) is 6.47. The standard InChI is InChI=1S/C26H48NS2.HI/c1-3-4-5-6-7-8-9-10-11-12-13-14-15-16-18-21-25-24(2)28-26(29-25)27-22-19-17-20-23-27;/h3-23H2,1-2H3;1H/q+1;/p-1. The predicted molar refractivity (Wildman–Crippen MR) is 134 cm³/mol. The van der Waals surface area contributed by atoms with Crippen molar-refractivity contribution in [1.29, 1.82) is 0 Å². The molecule has 30 heavy (non-hydrogen) atoms. The second-order valence-electron chi connectivity index (χ2n) is 9.20. The van der Waals surface area contributed by atoms with Crippen LogP contribution in [0.15, 0.2) is 0 Å². The second kappa shape index (κ2) is 19.1. The molecule has 1 nitrogen and oxygen atoms in total. The van der Waals surface area contributed by atoms with Crippen LogP contribution in [-0.2, 0) is 6.42 Å². The van der Waals surface area contributed by atoms with E-state index in [-0.39, 0.29) is 24.0 Å². The van der Waals surface area contributed by atoms with E-state index in [1.165, 1.54) is 135 Å². The molecule has 0 radical (unpaired) electrons. The van der Waals surface area contributed by atoms with Crippen molar-refractivity contribution in [2.24, 2.45) is 0 Å². The molecule has 0 saturated carbocycles. The summed E-state index contributed by atoms with van der Waals surface area (Å²) in [4.78, 5) is 3.26. The number of aryl methyl sites for hydroxylation is 2. The van der Waals surface area contributed by atoms with Crippen LogP contribution in [0.5, 0.6) is 0 Å². The van der Waals surface area contributed by atoms with Crippen molar-refractivity contribution in [2.45, 2.75) is 136 Å². The van der Waals surface area contributed by atoms with E-state index >= 15 is 0 Å². The van der Waals surface area contributed by atoms with E-state index in [0.29, 0.717) is 0 Å². The Labute approximate surface area is 212 Å². The summed E-state index contributed by atoms with van der Waals surface area (Å²) in [5.41, 5.74) is 0. The highest BCUT2D eigenvalue weighted by molar-refractivity contribution is 7.27. The third kappa shape index (κ3) is 12.6. The summed E-state index contributed by atoms with van der Waals surface area (Å²) in [6.45, 7) is 7.22. The molecule has 0 N–H and O–H groups in total. The highest BCUT2D eigenvalue weighted by Crippen LogP contribution is 2.20. The number of rotatable bonds is 16. The number of hydrogen-bond donors (Lipinski definition) is 0. The van der Waals surface area contributed by atoms with E-state index < -0.39 is 0 Å². The van der Waals surface area contributed by atoms with Crippen LogP contribution in [0.25, 0.3) is 0 Å². The van der Waals surface area contributed by atoms with Crippen molar-refractivity contribution >= 4 is 22.7 Å². The zero-order valence-corrected chi connectivity index (χ0v) is 23.8. The average molecular weight is 566 g/mol. The predicted octanol–water partition coefficient (Wildman–Crippen LogP) is 5.49. The maximum Gasteiger partial charge on any atom is 0.314 e. The van der Waals surface area contributed by atoms with Crippen molar-refractivity contribution in [2.75, 3.05) is 13.1 Å². The summed E-state index contributed by atoms with van der Waals surface area (Å²) < 4.78 is 4.22. The van der Waals surface area contributed by atoms with Gasteiger partial charge in [0.2, 0.25) is 0 Å². The fraction of sp³-hybridized carbons (Fsp3) is 0.885. The summed E-state index contributed by atoms with van der Waals surface area (Å²) in [6.07, 6.45) is 27.3. The first-order chi connectivity index (χ1) is 14.3. The normalized spacial score (nSPS) is 14.1. The molecule has 1 saturated heterocycles. The number of piperidine rings is 1. The average Bonchev–Trinajstić information content (AvgIpc) is 3.12. The molecule has 2 rings (SSSR count). The smallest absolute Gasteiger partial charge is 0.314 e. The van der Waals surface area contributed by atoms with E-state index in [9.17, 15) is 0 Å². The molecule has 0 spiro atoms. The van der Waals surface area contributed by atoms with Crippen LogP contribution in [0.4, 0.5) is 0 Å². The lowest BCUT2D eigenvalue weighted by Gasteiger charge is -2.07. The molecule has 0 unspecified atom stereocenters. The second-order valence-corrected chi connectivity index (χ2v) is 11.7. The Morgan fingerprint density at radius 2 is 1.10 bits per heavy atom. The van der Waals surface area contributed by atoms with E-state index in [1.54, 1.807) is 13.7 Å². The molecule has 0 amide bonds. The molecule has 2 heterocycles. The number of nitrogens with zero attached hydrogens (tertiary/aromatic N) is 1. The SMILES string of the molecule is CCCCCCCCCCCCCCCCCc1sc(=[N+]2CCCCC2)sc1C.[I-]. The first-order valence-electron chi connectivity index (χ1n) is 13.0. The van der Waals surface area contributed by atoms with Gasteiger partial charge in [0, 0.05) is 22.6 Å². The van der Waals surface area contributed by atoms with Crippen molar-refractivity contribution in [1.82, 2.24) is 4.58 Å². The molecule has 0 atom stereocenters. The quantitative estimate of drug-likeness (QED) is 0.142. The highest BCUT2D eigenvalue weighted by Gasteiger charge is 2.15. The van der Waals surface area contributed by atoms with Crippen LogP contribution in [0.3, 0.4) is 0 Å². The van der Waals surface area contributed by atoms with E-state index in [2.05, 4.69) is 41.1 Å². The minimum Gasteiger partial charge on any atom is -1.00 e. The molecule has 1 aliphatic heterocycles. The Kier molecular flexibility index (Phi) is 18.2. The van der Waals surface area contributed by atoms with Gasteiger partial charge in [-0.25, -0.2) is 4.58 Å². The van der Waals surface area contributed by atoms with Gasteiger partial charge in [-0.05, 0) is 26.2 Å². The number of hydrogen-bond acceptors (Lipinski definition) is 2. The van der Waals surface area contributed by atoms with Gasteiger partial charge in [0.1, 0.15) is 13.1 Å². The molecule has 0 bridgehead atoms. The molecule has 1 aromatic heterocycles. The molecular formula is C26H48INS2. The van der Waals surface area contributed by atoms with Crippen molar-refractivity contribution < 1.29 is 24.0 Å². The van der Waals surface area contributed by atoms with Gasteiger partial charge in [0.25, 0.3) is 0 Å². The van der Waals surface area contributed by atoms with Gasteiger partial charge in [0.05, 0.1) is 0 Å². The van der Waals surface area contributed by atoms with Crippen LogP contribution in [0, 0.1) is 6.92 Å². The largest absolute Gasteiger partial charge is 1.00 e. The molecule has 1 aromatic rings. The van der Waals surface area contributed by atoms with Crippen molar-refractivity contribution in [3.63, 3.8) is 0 Å². The third-order valence-corrected chi connectivity index (χ3v) is 9.27. The van der Waals surface area contributed by atoms with Gasteiger partial charge in [-0.15, -0.1) is 0 Å². The minimum atomic E-state index is 0. The Bertz CT molecular complexity index is 582. The zero-order chi connectivity index (χ0) is 20.6. The highest BCUT2D eigenvalue weighted by atomic mass is 127. The Morgan fingerprint density at radius 1 is 0.633 bits per heavy atom. The van der Waals surface area contributed by atoms with Crippen molar-refractivity contribution in [3.05, 3.63) is 13.7 Å². The van der Waals surface area contributed by atoms with Gasteiger partial charge in [0.15, 0.2) is 0 Å². The minimum absolute atomic E-state index is 0. The molecule has 1 aliphatic rings. The molecule has 176 valence electrons. The summed E-state index contributed by atoms with van der Waals surface area (Å²) in [5, 5.41) is 0. The topological polar surface area (TPSA) is 3.01 Å².